The van der Waals surface area contributed by atoms with Crippen LogP contribution in [-0.2, 0) is 51.0 Å². The van der Waals surface area contributed by atoms with Crippen LogP contribution in [0.25, 0.3) is 55.6 Å². The Morgan fingerprint density at radius 2 is 0.427 bits per heavy atom. The lowest BCUT2D eigenvalue weighted by molar-refractivity contribution is -0.139. The van der Waals surface area contributed by atoms with Gasteiger partial charge in [-0.15, -0.1) is 0 Å². The molecule has 10 aromatic rings. The van der Waals surface area contributed by atoms with E-state index in [0.29, 0.717) is 27.8 Å². The molecular weight excluding hydrogens is 1190 g/mol. The third-order valence-corrected chi connectivity index (χ3v) is 26.3. The van der Waals surface area contributed by atoms with Crippen molar-refractivity contribution >= 4 is 29.8 Å². The lowest BCUT2D eigenvalue weighted by Crippen LogP contribution is -2.62. The van der Waals surface area contributed by atoms with Crippen LogP contribution in [0.5, 0.6) is 0 Å². The number of carboxylic acid groups (broad SMARTS) is 5. The normalized spacial score (nSPS) is 25.8. The molecule has 0 heterocycles. The van der Waals surface area contributed by atoms with E-state index in [1.807, 2.05) is 60.7 Å². The maximum absolute atomic E-state index is 13.1. The molecule has 0 saturated heterocycles. The molecule has 0 fully saturated rings. The van der Waals surface area contributed by atoms with Gasteiger partial charge in [-0.2, -0.15) is 0 Å². The number of hydrogen-bond acceptors (Lipinski definition) is 5. The second kappa shape index (κ2) is 16.6. The number of allylic oxidation sites excluding steroid dienone is 4. The van der Waals surface area contributed by atoms with Crippen LogP contribution in [0.2, 0.25) is 0 Å². The van der Waals surface area contributed by atoms with Gasteiger partial charge in [-0.3, -0.25) is 24.0 Å². The van der Waals surface area contributed by atoms with Crippen LogP contribution >= 0.6 is 0 Å². The molecule has 11 atom stereocenters. The Bertz CT molecular complexity index is 5360. The fourth-order valence-electron chi connectivity index (χ4n) is 22.5. The summed E-state index contributed by atoms with van der Waals surface area (Å²) >= 11 is 0. The third kappa shape index (κ3) is 5.10. The first-order valence-corrected chi connectivity index (χ1v) is 33.3. The summed E-state index contributed by atoms with van der Waals surface area (Å²) in [5, 5.41) is 53.5. The Balaban J connectivity index is 1.07. The predicted octanol–water partition coefficient (Wildman–Crippen LogP) is 16.2. The molecule has 96 heavy (non-hydrogen) atoms. The molecule has 21 rings (SSSR count). The van der Waals surface area contributed by atoms with Crippen molar-refractivity contribution < 1.29 is 49.5 Å². The zero-order chi connectivity index (χ0) is 65.6. The molecule has 11 aliphatic rings. The van der Waals surface area contributed by atoms with Crippen LogP contribution in [0.15, 0.2) is 204 Å². The van der Waals surface area contributed by atoms with Crippen LogP contribution in [0.3, 0.4) is 0 Å². The lowest BCUT2D eigenvalue weighted by Gasteiger charge is -2.65. The summed E-state index contributed by atoms with van der Waals surface area (Å²) in [6.45, 7) is 11.2. The first-order chi connectivity index (χ1) is 46.2. The number of carboxylic acids is 5. The Morgan fingerprint density at radius 1 is 0.250 bits per heavy atom. The minimum atomic E-state index is -1.14. The number of benzene rings is 10. The molecule has 10 aromatic carbocycles. The Kier molecular flexibility index (Phi) is 9.39. The maximum atomic E-state index is 13.1. The first-order valence-electron chi connectivity index (χ1n) is 33.3. The van der Waals surface area contributed by atoms with E-state index in [9.17, 15) is 49.5 Å². The predicted molar refractivity (Wildman–Crippen MR) is 361 cm³/mol. The Labute approximate surface area is 551 Å². The van der Waals surface area contributed by atoms with E-state index in [0.717, 1.165) is 117 Å². The molecule has 0 saturated carbocycles. The number of fused-ring (bicyclic) bond motifs is 5. The largest absolute Gasteiger partial charge is 0.481 e. The smallest absolute Gasteiger partial charge is 0.310 e. The molecule has 10 heteroatoms. The molecule has 11 aliphatic carbocycles. The molecule has 10 nitrogen and oxygen atoms in total. The quantitative estimate of drug-likeness (QED) is 0.0661. The van der Waals surface area contributed by atoms with Gasteiger partial charge in [0.05, 0.1) is 56.7 Å². The van der Waals surface area contributed by atoms with Crippen molar-refractivity contribution in [3.05, 3.63) is 316 Å². The highest BCUT2D eigenvalue weighted by atomic mass is 16.4. The summed E-state index contributed by atoms with van der Waals surface area (Å²) in [6.07, 6.45) is 0. The molecule has 0 bridgehead atoms. The standard InChI is InChI=1S/C86H58O10/c1-37(76(87)88)42-7-17-47(18-8-42)82-62-52-27-28-53-55-30-32-57-59-34-36-61-60-35-33-58-56-31-29-54(52)64(82)66(56)84(49-21-11-44(12-22-49)39(3)78(91)92)68(58)70(60)86(51-25-15-46(16-26-51)41(5)80(95)96)71(61)69(59)85(50-23-13-45(14-24-50)40(4)79(93)94)67(57)65(55)83(63(53)62,73-72(82)74(84)81(86,6)75(73)85)48-19-9-43(10-20-48)38(2)77(89)90/h7-41H,1-6H3,(H,87,88)(H,89,90)(H,91,92)(H,93,94)(H,95,96)/t37?,38?,39?,40?,41?,81?,82-,83+,84-,85+,86?. The molecule has 462 valence electrons. The van der Waals surface area contributed by atoms with Crippen molar-refractivity contribution in [2.75, 3.05) is 0 Å². The van der Waals surface area contributed by atoms with E-state index in [-0.39, 0.29) is 0 Å². The topological polar surface area (TPSA) is 186 Å². The van der Waals surface area contributed by atoms with Gasteiger partial charge in [0.2, 0.25) is 0 Å². The van der Waals surface area contributed by atoms with Gasteiger partial charge in [-0.25, -0.2) is 0 Å². The number of rotatable bonds is 15. The third-order valence-electron chi connectivity index (χ3n) is 26.3. The van der Waals surface area contributed by atoms with Gasteiger partial charge in [0.1, 0.15) is 0 Å². The van der Waals surface area contributed by atoms with Gasteiger partial charge in [0.15, 0.2) is 0 Å². The molecule has 7 unspecified atom stereocenters. The van der Waals surface area contributed by atoms with Gasteiger partial charge in [0.25, 0.3) is 0 Å². The molecule has 0 aromatic heterocycles. The first kappa shape index (κ1) is 54.4. The number of hydrogen-bond donors (Lipinski definition) is 5. The van der Waals surface area contributed by atoms with Crippen molar-refractivity contribution in [1.29, 1.82) is 0 Å². The number of carbonyl (C=O) groups is 5. The number of aliphatic carboxylic acids is 5. The molecule has 0 spiro atoms. The van der Waals surface area contributed by atoms with E-state index in [1.54, 1.807) is 34.6 Å². The molecular formula is C86H58O10. The minimum absolute atomic E-state index is 0.670. The van der Waals surface area contributed by atoms with Gasteiger partial charge >= 0.3 is 29.8 Å². The van der Waals surface area contributed by atoms with Crippen molar-refractivity contribution in [3.63, 3.8) is 0 Å². The highest BCUT2D eigenvalue weighted by molar-refractivity contribution is 6.15. The van der Waals surface area contributed by atoms with E-state index >= 15 is 0 Å². The van der Waals surface area contributed by atoms with E-state index in [1.165, 1.54) is 44.5 Å². The fraction of sp³-hybridized carbons (Fsp3) is 0.198. The average molecular weight is 1250 g/mol. The van der Waals surface area contributed by atoms with Crippen LogP contribution < -0.4 is 0 Å². The van der Waals surface area contributed by atoms with Gasteiger partial charge in [-0.05, 0) is 224 Å². The lowest BCUT2D eigenvalue weighted by atomic mass is 9.35. The Hall–Kier alpha value is -11.0. The van der Waals surface area contributed by atoms with Crippen molar-refractivity contribution in [2.45, 2.75) is 98.2 Å². The van der Waals surface area contributed by atoms with E-state index in [2.05, 4.69) is 128 Å². The minimum Gasteiger partial charge on any atom is -0.481 e. The van der Waals surface area contributed by atoms with Gasteiger partial charge in [-0.1, -0.05) is 189 Å². The maximum Gasteiger partial charge on any atom is 0.310 e. The highest BCUT2D eigenvalue weighted by Gasteiger charge is 2.85. The van der Waals surface area contributed by atoms with Gasteiger partial charge < -0.3 is 25.5 Å². The van der Waals surface area contributed by atoms with Crippen LogP contribution in [0.4, 0.5) is 0 Å². The highest BCUT2D eigenvalue weighted by Crippen LogP contribution is 2.93. The second-order valence-electron chi connectivity index (χ2n) is 29.3. The van der Waals surface area contributed by atoms with E-state index in [4.69, 9.17) is 0 Å². The summed E-state index contributed by atoms with van der Waals surface area (Å²) in [7, 11) is 0. The summed E-state index contributed by atoms with van der Waals surface area (Å²) < 4.78 is 0. The fourth-order valence-corrected chi connectivity index (χ4v) is 22.5. The van der Waals surface area contributed by atoms with Crippen LogP contribution in [0, 0.1) is 5.41 Å². The molecule has 0 aliphatic heterocycles. The summed E-state index contributed by atoms with van der Waals surface area (Å²) in [5.74, 6) is -8.70. The molecule has 0 amide bonds. The van der Waals surface area contributed by atoms with E-state index < -0.39 is 91.9 Å². The summed E-state index contributed by atoms with van der Waals surface area (Å²) in [5.41, 5.74) is 29.0. The van der Waals surface area contributed by atoms with Crippen molar-refractivity contribution in [2.24, 2.45) is 5.41 Å². The summed E-state index contributed by atoms with van der Waals surface area (Å²) in [6, 6.07) is 65.8. The van der Waals surface area contributed by atoms with Crippen molar-refractivity contribution in [1.82, 2.24) is 0 Å². The molecule has 0 radical (unpaired) electrons. The monoisotopic (exact) mass is 1250 g/mol. The SMILES string of the molecule is CC(C(=O)O)c1ccc(C23c4c5ccc6c4[C@@]4(c7ccc(C(C)C(=O)O)cc7)C7=C8C9=C(C72C)[C@@]2(c7ccc(C(C)C(=O)O)cc7)c7c(ccc-5c73)-c3ccc5c(c32)[C@@]9(c2ccc(C(C)C(=O)O)cc2)c2c-5ccc3c2[C@@]8(c2ccc(C(C)C(=O)O)cc2)c2c-3ccc-6c24)cc1. The van der Waals surface area contributed by atoms with Crippen LogP contribution in [0.1, 0.15) is 182 Å². The second-order valence-corrected chi connectivity index (χ2v) is 29.3. The summed E-state index contributed by atoms with van der Waals surface area (Å²) in [4.78, 5) is 65.3. The zero-order valence-electron chi connectivity index (χ0n) is 53.0. The Morgan fingerprint density at radius 3 is 0.646 bits per heavy atom. The van der Waals surface area contributed by atoms with Gasteiger partial charge in [0, 0.05) is 5.41 Å². The zero-order valence-corrected chi connectivity index (χ0v) is 53.0. The molecule has 5 N–H and O–H groups in total. The van der Waals surface area contributed by atoms with Crippen LogP contribution in [-0.4, -0.2) is 55.4 Å². The average Bonchev–Trinajstić information content (AvgIpc) is 1.39. The van der Waals surface area contributed by atoms with Crippen molar-refractivity contribution in [3.8, 4) is 55.6 Å².